The zero-order valence-electron chi connectivity index (χ0n) is 19.9. The Morgan fingerprint density at radius 2 is 1.71 bits per heavy atom. The van der Waals surface area contributed by atoms with Gasteiger partial charge in [0.05, 0.1) is 15.6 Å². The molecule has 6 rings (SSSR count). The number of anilines is 1. The molecule has 2 aromatic heterocycles. The SMILES string of the molecule is CC(=O)Nc1ccc(S(=O)(=O)Oc2ccc3ccccc3c2/C=c2\sc3nc4ccccc4n3c2=O)cc1. The van der Waals surface area contributed by atoms with Gasteiger partial charge < -0.3 is 9.50 Å². The highest BCUT2D eigenvalue weighted by Gasteiger charge is 2.20. The van der Waals surface area contributed by atoms with Crippen molar-refractivity contribution in [2.75, 3.05) is 5.32 Å². The summed E-state index contributed by atoms with van der Waals surface area (Å²) in [7, 11) is -4.22. The molecule has 1 N–H and O–H groups in total. The summed E-state index contributed by atoms with van der Waals surface area (Å²) in [5.74, 6) is -0.176. The molecule has 0 bridgehead atoms. The van der Waals surface area contributed by atoms with Crippen molar-refractivity contribution in [1.29, 1.82) is 0 Å². The van der Waals surface area contributed by atoms with Crippen molar-refractivity contribution in [2.45, 2.75) is 11.8 Å². The van der Waals surface area contributed by atoms with Gasteiger partial charge >= 0.3 is 10.1 Å². The van der Waals surface area contributed by atoms with Crippen LogP contribution in [0.5, 0.6) is 5.75 Å². The molecule has 2 heterocycles. The highest BCUT2D eigenvalue weighted by Crippen LogP contribution is 2.31. The number of hydrogen-bond acceptors (Lipinski definition) is 7. The van der Waals surface area contributed by atoms with E-state index < -0.39 is 10.1 Å². The number of para-hydroxylation sites is 2. The lowest BCUT2D eigenvalue weighted by Crippen LogP contribution is -2.23. The van der Waals surface area contributed by atoms with E-state index in [0.717, 1.165) is 16.3 Å². The summed E-state index contributed by atoms with van der Waals surface area (Å²) < 4.78 is 34.0. The van der Waals surface area contributed by atoms with Gasteiger partial charge in [-0.25, -0.2) is 9.38 Å². The van der Waals surface area contributed by atoms with Crippen molar-refractivity contribution in [1.82, 2.24) is 9.38 Å². The molecule has 0 radical (unpaired) electrons. The molecule has 0 fully saturated rings. The topological polar surface area (TPSA) is 107 Å². The highest BCUT2D eigenvalue weighted by molar-refractivity contribution is 7.87. The number of hydrogen-bond donors (Lipinski definition) is 1. The maximum absolute atomic E-state index is 13.4. The second-order valence-corrected chi connectivity index (χ2v) is 11.1. The summed E-state index contributed by atoms with van der Waals surface area (Å²) in [4.78, 5) is 29.7. The number of aromatic nitrogens is 2. The first-order chi connectivity index (χ1) is 18.3. The van der Waals surface area contributed by atoms with Gasteiger partial charge in [0.1, 0.15) is 4.90 Å². The lowest BCUT2D eigenvalue weighted by Gasteiger charge is -2.12. The molecular weight excluding hydrogens is 522 g/mol. The van der Waals surface area contributed by atoms with E-state index in [4.69, 9.17) is 4.18 Å². The van der Waals surface area contributed by atoms with Crippen molar-refractivity contribution >= 4 is 65.9 Å². The van der Waals surface area contributed by atoms with Crippen molar-refractivity contribution in [2.24, 2.45) is 0 Å². The largest absolute Gasteiger partial charge is 0.378 e. The van der Waals surface area contributed by atoms with Crippen LogP contribution < -0.4 is 19.6 Å². The summed E-state index contributed by atoms with van der Waals surface area (Å²) >= 11 is 1.23. The molecule has 38 heavy (non-hydrogen) atoms. The molecule has 6 aromatic rings. The van der Waals surface area contributed by atoms with Crippen LogP contribution in [-0.4, -0.2) is 23.7 Å². The maximum atomic E-state index is 13.4. The number of amides is 1. The smallest absolute Gasteiger partial charge is 0.339 e. The van der Waals surface area contributed by atoms with Crippen molar-refractivity contribution in [3.8, 4) is 5.75 Å². The molecule has 1 amide bonds. The molecule has 0 unspecified atom stereocenters. The Hall–Kier alpha value is -4.54. The quantitative estimate of drug-likeness (QED) is 0.326. The Morgan fingerprint density at radius 1 is 0.974 bits per heavy atom. The van der Waals surface area contributed by atoms with Gasteiger partial charge in [0.15, 0.2) is 10.7 Å². The van der Waals surface area contributed by atoms with Gasteiger partial charge in [-0.2, -0.15) is 8.42 Å². The molecule has 0 atom stereocenters. The molecular formula is C28H19N3O5S2. The molecule has 0 saturated heterocycles. The minimum Gasteiger partial charge on any atom is -0.378 e. The standard InChI is InChI=1S/C28H19N3O5S2/c1-17(32)29-19-11-13-20(14-12-19)38(34,35)36-25-15-10-18-6-2-3-7-21(18)22(25)16-26-27(33)31-24-9-5-4-8-23(24)30-28(31)37-26/h2-16H,1H3,(H,29,32)/b26-16-. The van der Waals surface area contributed by atoms with Crippen LogP contribution in [0.1, 0.15) is 12.5 Å². The average Bonchev–Trinajstić information content (AvgIpc) is 3.41. The van der Waals surface area contributed by atoms with E-state index in [1.165, 1.54) is 42.5 Å². The van der Waals surface area contributed by atoms with E-state index in [1.54, 1.807) is 22.6 Å². The summed E-state index contributed by atoms with van der Waals surface area (Å²) in [6.45, 7) is 1.37. The van der Waals surface area contributed by atoms with Crippen LogP contribution in [0.4, 0.5) is 5.69 Å². The molecule has 0 aliphatic heterocycles. The summed E-state index contributed by atoms with van der Waals surface area (Å²) in [5, 5.41) is 4.20. The van der Waals surface area contributed by atoms with Gasteiger partial charge in [0, 0.05) is 18.2 Å². The number of imidazole rings is 1. The first-order valence-electron chi connectivity index (χ1n) is 11.6. The first-order valence-corrected chi connectivity index (χ1v) is 13.8. The molecule has 4 aromatic carbocycles. The second kappa shape index (κ2) is 9.09. The molecule has 10 heteroatoms. The molecule has 0 spiro atoms. The van der Waals surface area contributed by atoms with E-state index in [1.807, 2.05) is 48.5 Å². The summed E-state index contributed by atoms with van der Waals surface area (Å²) in [6.07, 6.45) is 1.66. The lowest BCUT2D eigenvalue weighted by molar-refractivity contribution is -0.114. The number of thiazole rings is 1. The van der Waals surface area contributed by atoms with Gasteiger partial charge in [0.25, 0.3) is 5.56 Å². The summed E-state index contributed by atoms with van der Waals surface area (Å²) in [5.41, 5.74) is 2.13. The minimum atomic E-state index is -4.22. The van der Waals surface area contributed by atoms with E-state index >= 15 is 0 Å². The number of benzene rings is 4. The average molecular weight is 542 g/mol. The number of fused-ring (bicyclic) bond motifs is 4. The lowest BCUT2D eigenvalue weighted by atomic mass is 10.0. The number of carbonyl (C=O) groups is 1. The number of nitrogens with one attached hydrogen (secondary N) is 1. The van der Waals surface area contributed by atoms with Crippen LogP contribution in [0.3, 0.4) is 0 Å². The van der Waals surface area contributed by atoms with Gasteiger partial charge in [-0.3, -0.25) is 9.59 Å². The monoisotopic (exact) mass is 541 g/mol. The maximum Gasteiger partial charge on any atom is 0.339 e. The van der Waals surface area contributed by atoms with Crippen LogP contribution in [-0.2, 0) is 14.9 Å². The zero-order chi connectivity index (χ0) is 26.4. The van der Waals surface area contributed by atoms with Crippen molar-refractivity contribution in [3.05, 3.63) is 105 Å². The molecule has 188 valence electrons. The third-order valence-corrected chi connectivity index (χ3v) is 8.23. The van der Waals surface area contributed by atoms with Gasteiger partial charge in [-0.15, -0.1) is 0 Å². The van der Waals surface area contributed by atoms with E-state index in [-0.39, 0.29) is 22.1 Å². The fraction of sp³-hybridized carbons (Fsp3) is 0.0357. The van der Waals surface area contributed by atoms with E-state index in [2.05, 4.69) is 10.3 Å². The summed E-state index contributed by atoms with van der Waals surface area (Å²) in [6, 6.07) is 23.9. The predicted octanol–water partition coefficient (Wildman–Crippen LogP) is 4.34. The molecule has 0 aliphatic rings. The van der Waals surface area contributed by atoms with Crippen molar-refractivity contribution < 1.29 is 17.4 Å². The Balaban J connectivity index is 1.49. The normalized spacial score (nSPS) is 12.4. The first kappa shape index (κ1) is 23.8. The zero-order valence-corrected chi connectivity index (χ0v) is 21.5. The van der Waals surface area contributed by atoms with Crippen LogP contribution in [0.15, 0.2) is 94.6 Å². The highest BCUT2D eigenvalue weighted by atomic mass is 32.2. The number of carbonyl (C=O) groups excluding carboxylic acids is 1. The van der Waals surface area contributed by atoms with Crippen LogP contribution in [0, 0.1) is 0 Å². The van der Waals surface area contributed by atoms with Crippen LogP contribution in [0.2, 0.25) is 0 Å². The Kier molecular flexibility index (Phi) is 5.70. The van der Waals surface area contributed by atoms with Gasteiger partial charge in [-0.05, 0) is 59.3 Å². The van der Waals surface area contributed by atoms with E-state index in [0.29, 0.717) is 26.3 Å². The molecule has 0 aliphatic carbocycles. The Bertz CT molecular complexity index is 2100. The fourth-order valence-corrected chi connectivity index (χ4v) is 6.23. The molecule has 8 nitrogen and oxygen atoms in total. The molecule has 0 saturated carbocycles. The van der Waals surface area contributed by atoms with E-state index in [9.17, 15) is 18.0 Å². The predicted molar refractivity (Wildman–Crippen MR) is 148 cm³/mol. The van der Waals surface area contributed by atoms with Crippen molar-refractivity contribution in [3.63, 3.8) is 0 Å². The third kappa shape index (κ3) is 4.19. The van der Waals surface area contributed by atoms with Gasteiger partial charge in [-0.1, -0.05) is 53.8 Å². The Labute approximate surface area is 220 Å². The third-order valence-electron chi connectivity index (χ3n) is 6.01. The fourth-order valence-electron chi connectivity index (χ4n) is 4.31. The van der Waals surface area contributed by atoms with Crippen LogP contribution in [0.25, 0.3) is 32.8 Å². The van der Waals surface area contributed by atoms with Gasteiger partial charge in [0.2, 0.25) is 5.91 Å². The Morgan fingerprint density at radius 3 is 2.50 bits per heavy atom. The number of nitrogens with zero attached hydrogens (tertiary/aromatic N) is 2. The number of rotatable bonds is 5. The van der Waals surface area contributed by atoms with Crippen LogP contribution >= 0.6 is 11.3 Å². The minimum absolute atomic E-state index is 0.0729. The second-order valence-electron chi connectivity index (χ2n) is 8.58.